The van der Waals surface area contributed by atoms with Gasteiger partial charge in [-0.05, 0) is 59.7 Å². The molecule has 2 nitrogen and oxygen atoms in total. The molecule has 0 spiro atoms. The third kappa shape index (κ3) is 13.0. The van der Waals surface area contributed by atoms with Crippen LogP contribution in [0.3, 0.4) is 0 Å². The molecule has 114 valence electrons. The summed E-state index contributed by atoms with van der Waals surface area (Å²) >= 11 is 0. The standard InChI is InChI=1S/C14H22FN.C3H7N/c1-10(2)9-14(15)13(5)11(3)7-8-12(4)16-6;1-3(2)4/h7,9,12,16H,1,5,8H2,2-4,6H3;4H,1-2H3/b11-7+,14-9+;. The highest BCUT2D eigenvalue weighted by atomic mass is 19.1. The van der Waals surface area contributed by atoms with Crippen molar-refractivity contribution in [3.05, 3.63) is 47.9 Å². The lowest BCUT2D eigenvalue weighted by atomic mass is 10.0. The molecule has 0 aliphatic carbocycles. The van der Waals surface area contributed by atoms with E-state index in [0.29, 0.717) is 22.9 Å². The summed E-state index contributed by atoms with van der Waals surface area (Å²) in [5, 5.41) is 9.62. The van der Waals surface area contributed by atoms with Gasteiger partial charge >= 0.3 is 0 Å². The highest BCUT2D eigenvalue weighted by Gasteiger charge is 2.04. The van der Waals surface area contributed by atoms with Crippen molar-refractivity contribution in [2.75, 3.05) is 7.05 Å². The Morgan fingerprint density at radius 3 is 2.05 bits per heavy atom. The maximum absolute atomic E-state index is 13.5. The van der Waals surface area contributed by atoms with E-state index in [0.717, 1.165) is 12.0 Å². The maximum atomic E-state index is 13.5. The van der Waals surface area contributed by atoms with E-state index in [4.69, 9.17) is 5.41 Å². The molecule has 20 heavy (non-hydrogen) atoms. The van der Waals surface area contributed by atoms with Gasteiger partial charge in [-0.25, -0.2) is 4.39 Å². The Bertz CT molecular complexity index is 399. The molecular weight excluding hydrogens is 251 g/mol. The second-order valence-electron chi connectivity index (χ2n) is 5.13. The molecule has 2 N–H and O–H groups in total. The average Bonchev–Trinajstić information content (AvgIpc) is 2.32. The van der Waals surface area contributed by atoms with E-state index in [1.54, 1.807) is 20.8 Å². The van der Waals surface area contributed by atoms with Gasteiger partial charge < -0.3 is 10.7 Å². The number of hydrogen-bond acceptors (Lipinski definition) is 2. The highest BCUT2D eigenvalue weighted by molar-refractivity contribution is 5.75. The molecule has 1 atom stereocenters. The van der Waals surface area contributed by atoms with E-state index in [1.165, 1.54) is 6.08 Å². The third-order valence-electron chi connectivity index (χ3n) is 2.41. The van der Waals surface area contributed by atoms with Crippen molar-refractivity contribution < 1.29 is 4.39 Å². The first kappa shape index (κ1) is 20.8. The quantitative estimate of drug-likeness (QED) is 0.523. The molecule has 0 aliphatic rings. The van der Waals surface area contributed by atoms with Crippen molar-refractivity contribution in [1.82, 2.24) is 5.32 Å². The number of hydrogen-bond donors (Lipinski definition) is 2. The molecule has 0 saturated heterocycles. The van der Waals surface area contributed by atoms with Crippen LogP contribution in [0.2, 0.25) is 0 Å². The zero-order chi connectivity index (χ0) is 16.3. The summed E-state index contributed by atoms with van der Waals surface area (Å²) in [7, 11) is 1.91. The predicted octanol–water partition coefficient (Wildman–Crippen LogP) is 4.96. The van der Waals surface area contributed by atoms with E-state index >= 15 is 0 Å². The van der Waals surface area contributed by atoms with Gasteiger partial charge in [0.25, 0.3) is 0 Å². The molecule has 0 aromatic carbocycles. The van der Waals surface area contributed by atoms with E-state index in [9.17, 15) is 4.39 Å². The van der Waals surface area contributed by atoms with Gasteiger partial charge in [-0.1, -0.05) is 24.8 Å². The Morgan fingerprint density at radius 1 is 1.25 bits per heavy atom. The Hall–Kier alpha value is -1.48. The molecule has 0 amide bonds. The maximum Gasteiger partial charge on any atom is 0.130 e. The lowest BCUT2D eigenvalue weighted by molar-refractivity contribution is 0.617. The fourth-order valence-electron chi connectivity index (χ4n) is 1.09. The van der Waals surface area contributed by atoms with Crippen LogP contribution in [0.25, 0.3) is 0 Å². The van der Waals surface area contributed by atoms with Gasteiger partial charge in [0.1, 0.15) is 5.83 Å². The summed E-state index contributed by atoms with van der Waals surface area (Å²) in [6, 6.07) is 0.385. The Balaban J connectivity index is 0. The first-order valence-electron chi connectivity index (χ1n) is 6.69. The third-order valence-corrected chi connectivity index (χ3v) is 2.41. The first-order valence-corrected chi connectivity index (χ1v) is 6.69. The molecule has 0 bridgehead atoms. The molecular formula is C17H29FN2. The van der Waals surface area contributed by atoms with Crippen LogP contribution >= 0.6 is 0 Å². The van der Waals surface area contributed by atoms with Crippen LogP contribution in [0.1, 0.15) is 41.0 Å². The number of halogens is 1. The highest BCUT2D eigenvalue weighted by Crippen LogP contribution is 2.20. The van der Waals surface area contributed by atoms with Crippen molar-refractivity contribution in [2.45, 2.75) is 47.1 Å². The Labute approximate surface area is 123 Å². The second-order valence-corrected chi connectivity index (χ2v) is 5.13. The van der Waals surface area contributed by atoms with Crippen LogP contribution in [-0.2, 0) is 0 Å². The summed E-state index contributed by atoms with van der Waals surface area (Å²) in [6.45, 7) is 16.6. The molecule has 0 aromatic rings. The number of allylic oxidation sites excluding steroid dienone is 5. The minimum absolute atomic E-state index is 0.307. The van der Waals surface area contributed by atoms with Crippen LogP contribution in [0.15, 0.2) is 47.9 Å². The van der Waals surface area contributed by atoms with Gasteiger partial charge in [0.15, 0.2) is 0 Å². The van der Waals surface area contributed by atoms with Gasteiger partial charge in [0, 0.05) is 17.3 Å². The topological polar surface area (TPSA) is 35.9 Å². The number of nitrogens with one attached hydrogen (secondary N) is 2. The molecule has 0 saturated carbocycles. The predicted molar refractivity (Wildman–Crippen MR) is 89.1 cm³/mol. The van der Waals surface area contributed by atoms with E-state index in [-0.39, 0.29) is 5.83 Å². The van der Waals surface area contributed by atoms with Gasteiger partial charge in [-0.2, -0.15) is 0 Å². The van der Waals surface area contributed by atoms with E-state index in [2.05, 4.69) is 25.4 Å². The number of rotatable bonds is 6. The van der Waals surface area contributed by atoms with Gasteiger partial charge in [-0.3, -0.25) is 0 Å². The lowest BCUT2D eigenvalue weighted by Gasteiger charge is -2.08. The normalized spacial score (nSPS) is 13.2. The van der Waals surface area contributed by atoms with Crippen LogP contribution < -0.4 is 5.32 Å². The van der Waals surface area contributed by atoms with Crippen LogP contribution in [0.5, 0.6) is 0 Å². The molecule has 1 unspecified atom stereocenters. The molecule has 0 heterocycles. The van der Waals surface area contributed by atoms with Gasteiger partial charge in [0.05, 0.1) is 0 Å². The van der Waals surface area contributed by atoms with Crippen LogP contribution in [0.4, 0.5) is 4.39 Å². The zero-order valence-corrected chi connectivity index (χ0v) is 13.7. The monoisotopic (exact) mass is 280 g/mol. The van der Waals surface area contributed by atoms with Crippen molar-refractivity contribution in [2.24, 2.45) is 0 Å². The van der Waals surface area contributed by atoms with E-state index in [1.807, 2.05) is 20.0 Å². The largest absolute Gasteiger partial charge is 0.317 e. The minimum Gasteiger partial charge on any atom is -0.317 e. The lowest BCUT2D eigenvalue weighted by Crippen LogP contribution is -2.19. The van der Waals surface area contributed by atoms with Gasteiger partial charge in [-0.15, -0.1) is 0 Å². The van der Waals surface area contributed by atoms with E-state index < -0.39 is 0 Å². The van der Waals surface area contributed by atoms with Crippen LogP contribution in [0, 0.1) is 5.41 Å². The summed E-state index contributed by atoms with van der Waals surface area (Å²) in [4.78, 5) is 0. The fourth-order valence-corrected chi connectivity index (χ4v) is 1.09. The van der Waals surface area contributed by atoms with Crippen molar-refractivity contribution in [1.29, 1.82) is 5.41 Å². The average molecular weight is 280 g/mol. The SMILES string of the molecule is C=C(C)/C=C(/F)C(=C)/C(C)=C/CC(C)NC.CC(C)=N. The summed E-state index contributed by atoms with van der Waals surface area (Å²) in [6.07, 6.45) is 4.26. The van der Waals surface area contributed by atoms with Gasteiger partial charge in [0.2, 0.25) is 0 Å². The summed E-state index contributed by atoms with van der Waals surface area (Å²) in [5.74, 6) is -0.307. The van der Waals surface area contributed by atoms with Crippen molar-refractivity contribution >= 4 is 5.71 Å². The zero-order valence-electron chi connectivity index (χ0n) is 13.7. The molecule has 0 aromatic heterocycles. The van der Waals surface area contributed by atoms with Crippen molar-refractivity contribution in [3.63, 3.8) is 0 Å². The molecule has 3 heteroatoms. The molecule has 0 aliphatic heterocycles. The second kappa shape index (κ2) is 11.4. The Morgan fingerprint density at radius 2 is 1.70 bits per heavy atom. The molecule has 0 radical (unpaired) electrons. The van der Waals surface area contributed by atoms with Crippen LogP contribution in [-0.4, -0.2) is 18.8 Å². The minimum atomic E-state index is -0.307. The first-order chi connectivity index (χ1) is 9.11. The smallest absolute Gasteiger partial charge is 0.130 e. The molecule has 0 fully saturated rings. The molecule has 0 rings (SSSR count). The summed E-state index contributed by atoms with van der Waals surface area (Å²) in [5.41, 5.74) is 2.67. The summed E-state index contributed by atoms with van der Waals surface area (Å²) < 4.78 is 13.5. The fraction of sp³-hybridized carbons (Fsp3) is 0.471. The Kier molecular flexibility index (Phi) is 11.8. The van der Waals surface area contributed by atoms with Crippen molar-refractivity contribution in [3.8, 4) is 0 Å².